The predicted molar refractivity (Wildman–Crippen MR) is 123 cm³/mol. The summed E-state index contributed by atoms with van der Waals surface area (Å²) in [4.78, 5) is 14.8. The highest BCUT2D eigenvalue weighted by molar-refractivity contribution is 7.89. The van der Waals surface area contributed by atoms with Gasteiger partial charge in [0.2, 0.25) is 15.9 Å². The number of nitrogens with zero attached hydrogens (tertiary/aromatic N) is 1. The van der Waals surface area contributed by atoms with Gasteiger partial charge >= 0.3 is 0 Å². The fraction of sp³-hybridized carbons (Fsp3) is 0.435. The van der Waals surface area contributed by atoms with E-state index in [0.717, 1.165) is 37.3 Å². The van der Waals surface area contributed by atoms with Crippen LogP contribution in [0.2, 0.25) is 0 Å². The molecule has 1 fully saturated rings. The summed E-state index contributed by atoms with van der Waals surface area (Å²) in [5.74, 6) is 0.678. The number of para-hydroxylation sites is 1. The van der Waals surface area contributed by atoms with Crippen molar-refractivity contribution in [2.24, 2.45) is 0 Å². The lowest BCUT2D eigenvalue weighted by atomic mass is 10.1. The molecule has 2 aliphatic heterocycles. The maximum absolute atomic E-state index is 12.7. The van der Waals surface area contributed by atoms with Crippen LogP contribution in [0.4, 0.5) is 5.69 Å². The number of hydrogen-bond acceptors (Lipinski definition) is 7. The van der Waals surface area contributed by atoms with Gasteiger partial charge in [0, 0.05) is 50.8 Å². The van der Waals surface area contributed by atoms with Gasteiger partial charge in [-0.25, -0.2) is 13.1 Å². The molecule has 0 saturated carbocycles. The molecule has 0 unspecified atom stereocenters. The zero-order valence-electron chi connectivity index (χ0n) is 18.4. The number of fused-ring (bicyclic) bond motifs is 1. The van der Waals surface area contributed by atoms with Gasteiger partial charge in [0.05, 0.1) is 31.3 Å². The second kappa shape index (κ2) is 11.0. The van der Waals surface area contributed by atoms with Gasteiger partial charge in [-0.1, -0.05) is 18.2 Å². The predicted octanol–water partition coefficient (Wildman–Crippen LogP) is 1.99. The van der Waals surface area contributed by atoms with E-state index in [1.807, 2.05) is 24.3 Å². The maximum Gasteiger partial charge on any atom is 0.240 e. The Morgan fingerprint density at radius 3 is 2.55 bits per heavy atom. The van der Waals surface area contributed by atoms with Gasteiger partial charge in [0.25, 0.3) is 0 Å². The molecule has 1 saturated heterocycles. The van der Waals surface area contributed by atoms with Crippen molar-refractivity contribution >= 4 is 21.6 Å². The van der Waals surface area contributed by atoms with Gasteiger partial charge in [0.1, 0.15) is 0 Å². The van der Waals surface area contributed by atoms with E-state index in [-0.39, 0.29) is 23.8 Å². The van der Waals surface area contributed by atoms with Crippen LogP contribution in [-0.2, 0) is 26.1 Å². The molecule has 2 aromatic carbocycles. The van der Waals surface area contributed by atoms with Crippen molar-refractivity contribution < 1.29 is 27.4 Å². The molecular formula is C23H29N3O6S. The third-order valence-corrected chi connectivity index (χ3v) is 6.92. The van der Waals surface area contributed by atoms with E-state index in [2.05, 4.69) is 14.9 Å². The number of amides is 1. The van der Waals surface area contributed by atoms with E-state index in [9.17, 15) is 13.2 Å². The molecule has 2 N–H and O–H groups in total. The Labute approximate surface area is 194 Å². The first kappa shape index (κ1) is 23.5. The lowest BCUT2D eigenvalue weighted by Gasteiger charge is -2.27. The van der Waals surface area contributed by atoms with Crippen LogP contribution >= 0.6 is 0 Å². The summed E-state index contributed by atoms with van der Waals surface area (Å²) in [5.41, 5.74) is 1.75. The summed E-state index contributed by atoms with van der Waals surface area (Å²) >= 11 is 0. The average molecular weight is 476 g/mol. The maximum atomic E-state index is 12.7. The highest BCUT2D eigenvalue weighted by atomic mass is 32.2. The number of benzene rings is 2. The SMILES string of the molecule is O=C(CCNS(=O)(=O)c1ccc2c(c1)OCCCO2)Nc1ccccc1CN1CCOCC1. The first-order valence-corrected chi connectivity index (χ1v) is 12.6. The fourth-order valence-electron chi connectivity index (χ4n) is 3.69. The lowest BCUT2D eigenvalue weighted by molar-refractivity contribution is -0.116. The number of carbonyl (C=O) groups is 1. The molecule has 0 aliphatic carbocycles. The highest BCUT2D eigenvalue weighted by Gasteiger charge is 2.19. The van der Waals surface area contributed by atoms with Crippen LogP contribution in [0.3, 0.4) is 0 Å². The first-order chi connectivity index (χ1) is 16.0. The summed E-state index contributed by atoms with van der Waals surface area (Å²) in [5, 5.41) is 2.91. The average Bonchev–Trinajstić information content (AvgIpc) is 3.06. The van der Waals surface area contributed by atoms with Crippen LogP contribution in [-0.4, -0.2) is 65.3 Å². The Balaban J connectivity index is 1.31. The number of sulfonamides is 1. The third kappa shape index (κ3) is 6.44. The molecule has 9 nitrogen and oxygen atoms in total. The normalized spacial score (nSPS) is 16.7. The summed E-state index contributed by atoms with van der Waals surface area (Å²) in [6.07, 6.45) is 0.745. The molecule has 10 heteroatoms. The van der Waals surface area contributed by atoms with Crippen LogP contribution in [0, 0.1) is 0 Å². The van der Waals surface area contributed by atoms with Gasteiger partial charge in [-0.05, 0) is 23.8 Å². The molecule has 0 bridgehead atoms. The molecule has 2 aliphatic rings. The number of morpholine rings is 1. The van der Waals surface area contributed by atoms with Gasteiger partial charge in [-0.3, -0.25) is 9.69 Å². The van der Waals surface area contributed by atoms with Gasteiger partial charge in [-0.15, -0.1) is 0 Å². The molecule has 178 valence electrons. The van der Waals surface area contributed by atoms with Crippen LogP contribution in [0.15, 0.2) is 47.4 Å². The second-order valence-electron chi connectivity index (χ2n) is 7.90. The van der Waals surface area contributed by atoms with Crippen LogP contribution in [0.1, 0.15) is 18.4 Å². The molecule has 2 heterocycles. The molecular weight excluding hydrogens is 446 g/mol. The quantitative estimate of drug-likeness (QED) is 0.601. The van der Waals surface area contributed by atoms with E-state index < -0.39 is 10.0 Å². The van der Waals surface area contributed by atoms with E-state index in [1.165, 1.54) is 12.1 Å². The standard InChI is InChI=1S/C23H29N3O6S/c27-23(25-20-5-2-1-4-18(20)17-26-10-14-30-15-11-26)8-9-24-33(28,29)19-6-7-21-22(16-19)32-13-3-12-31-21/h1-2,4-7,16,24H,3,8-15,17H2,(H,25,27). The van der Waals surface area contributed by atoms with Crippen molar-refractivity contribution in [1.82, 2.24) is 9.62 Å². The minimum atomic E-state index is -3.79. The summed E-state index contributed by atoms with van der Waals surface area (Å²) in [7, 11) is -3.79. The Morgan fingerprint density at radius 1 is 0.970 bits per heavy atom. The minimum Gasteiger partial charge on any atom is -0.490 e. The lowest BCUT2D eigenvalue weighted by Crippen LogP contribution is -2.36. The van der Waals surface area contributed by atoms with Crippen molar-refractivity contribution in [2.75, 3.05) is 51.4 Å². The van der Waals surface area contributed by atoms with Crippen LogP contribution in [0.5, 0.6) is 11.5 Å². The Hall–Kier alpha value is -2.66. The number of anilines is 1. The van der Waals surface area contributed by atoms with E-state index in [1.54, 1.807) is 6.07 Å². The number of rotatable bonds is 8. The largest absolute Gasteiger partial charge is 0.490 e. The smallest absolute Gasteiger partial charge is 0.240 e. The zero-order chi connectivity index (χ0) is 23.1. The summed E-state index contributed by atoms with van der Waals surface area (Å²) < 4.78 is 44.3. The number of hydrogen-bond donors (Lipinski definition) is 2. The Morgan fingerprint density at radius 2 is 1.73 bits per heavy atom. The zero-order valence-corrected chi connectivity index (χ0v) is 19.2. The topological polar surface area (TPSA) is 106 Å². The van der Waals surface area contributed by atoms with Gasteiger partial charge in [-0.2, -0.15) is 0 Å². The van der Waals surface area contributed by atoms with Crippen molar-refractivity contribution in [3.05, 3.63) is 48.0 Å². The monoisotopic (exact) mass is 475 g/mol. The number of carbonyl (C=O) groups excluding carboxylic acids is 1. The molecule has 0 radical (unpaired) electrons. The number of nitrogens with one attached hydrogen (secondary N) is 2. The fourth-order valence-corrected chi connectivity index (χ4v) is 4.73. The first-order valence-electron chi connectivity index (χ1n) is 11.1. The van der Waals surface area contributed by atoms with Crippen molar-refractivity contribution in [1.29, 1.82) is 0 Å². The van der Waals surface area contributed by atoms with Crippen molar-refractivity contribution in [3.63, 3.8) is 0 Å². The minimum absolute atomic E-state index is 0.00959. The van der Waals surface area contributed by atoms with Crippen LogP contribution < -0.4 is 19.5 Å². The highest BCUT2D eigenvalue weighted by Crippen LogP contribution is 2.31. The van der Waals surface area contributed by atoms with Crippen LogP contribution in [0.25, 0.3) is 0 Å². The molecule has 1 amide bonds. The number of ether oxygens (including phenoxy) is 3. The third-order valence-electron chi connectivity index (χ3n) is 5.46. The van der Waals surface area contributed by atoms with Gasteiger partial charge in [0.15, 0.2) is 11.5 Å². The summed E-state index contributed by atoms with van der Waals surface area (Å²) in [6, 6.07) is 12.2. The van der Waals surface area contributed by atoms with E-state index in [4.69, 9.17) is 14.2 Å². The van der Waals surface area contributed by atoms with E-state index in [0.29, 0.717) is 37.9 Å². The Kier molecular flexibility index (Phi) is 7.81. The molecule has 0 spiro atoms. The second-order valence-corrected chi connectivity index (χ2v) is 9.67. The molecule has 33 heavy (non-hydrogen) atoms. The van der Waals surface area contributed by atoms with Crippen molar-refractivity contribution in [3.8, 4) is 11.5 Å². The molecule has 2 aromatic rings. The Bertz CT molecular complexity index is 1070. The molecule has 4 rings (SSSR count). The summed E-state index contributed by atoms with van der Waals surface area (Å²) in [6.45, 7) is 4.81. The van der Waals surface area contributed by atoms with E-state index >= 15 is 0 Å². The molecule has 0 aromatic heterocycles. The molecule has 0 atom stereocenters. The van der Waals surface area contributed by atoms with Crippen molar-refractivity contribution in [2.45, 2.75) is 24.3 Å². The van der Waals surface area contributed by atoms with Gasteiger partial charge < -0.3 is 19.5 Å².